The first-order chi connectivity index (χ1) is 7.75. The van der Waals surface area contributed by atoms with Gasteiger partial charge in [0.15, 0.2) is 0 Å². The molecule has 0 aromatic heterocycles. The van der Waals surface area contributed by atoms with E-state index in [0.717, 1.165) is 22.2 Å². The fraction of sp³-hybridized carbons (Fsp3) is 0.417. The van der Waals surface area contributed by atoms with Gasteiger partial charge in [-0.2, -0.15) is 11.8 Å². The number of carbonyl (C=O) groups is 1. The molecular weight excluding hydrogens is 286 g/mol. The van der Waals surface area contributed by atoms with Gasteiger partial charge in [-0.25, -0.2) is 0 Å². The smallest absolute Gasteiger partial charge is 0.251 e. The van der Waals surface area contributed by atoms with E-state index in [9.17, 15) is 4.79 Å². The Hall–Kier alpha value is -0.480. The average Bonchev–Trinajstić information content (AvgIpc) is 2.30. The maximum Gasteiger partial charge on any atom is 0.251 e. The van der Waals surface area contributed by atoms with Crippen LogP contribution in [0.5, 0.6) is 0 Å². The van der Waals surface area contributed by atoms with Gasteiger partial charge < -0.3 is 5.32 Å². The molecular formula is C12H14BrNOS. The van der Waals surface area contributed by atoms with Gasteiger partial charge in [0, 0.05) is 21.8 Å². The van der Waals surface area contributed by atoms with Crippen LogP contribution in [0.3, 0.4) is 0 Å². The van der Waals surface area contributed by atoms with Crippen LogP contribution < -0.4 is 5.32 Å². The summed E-state index contributed by atoms with van der Waals surface area (Å²) in [5.74, 6) is 2.30. The van der Waals surface area contributed by atoms with E-state index in [1.807, 2.05) is 36.0 Å². The second kappa shape index (κ2) is 5.73. The SMILES string of the molecule is O=C(NC1CCCSC1)c1cccc(Br)c1. The molecule has 86 valence electrons. The number of hydrogen-bond acceptors (Lipinski definition) is 2. The van der Waals surface area contributed by atoms with Crippen LogP contribution in [0.15, 0.2) is 28.7 Å². The number of amides is 1. The number of halogens is 1. The zero-order valence-corrected chi connectivity index (χ0v) is 11.3. The van der Waals surface area contributed by atoms with Crippen LogP contribution in [0.4, 0.5) is 0 Å². The number of carbonyl (C=O) groups excluding carboxylic acids is 1. The standard InChI is InChI=1S/C12H14BrNOS/c13-10-4-1-3-9(7-10)12(15)14-11-5-2-6-16-8-11/h1,3-4,7,11H,2,5-6,8H2,(H,14,15). The molecule has 1 atom stereocenters. The molecule has 1 N–H and O–H groups in total. The Balaban J connectivity index is 1.97. The molecule has 1 aliphatic rings. The third-order valence-corrected chi connectivity index (χ3v) is 4.29. The predicted molar refractivity (Wildman–Crippen MR) is 72.0 cm³/mol. The van der Waals surface area contributed by atoms with Gasteiger partial charge in [-0.3, -0.25) is 4.79 Å². The van der Waals surface area contributed by atoms with E-state index in [1.54, 1.807) is 0 Å². The highest BCUT2D eigenvalue weighted by atomic mass is 79.9. The summed E-state index contributed by atoms with van der Waals surface area (Å²) in [4.78, 5) is 11.9. The van der Waals surface area contributed by atoms with Crippen LogP contribution >= 0.6 is 27.7 Å². The number of thioether (sulfide) groups is 1. The molecule has 2 nitrogen and oxygen atoms in total. The maximum atomic E-state index is 11.9. The number of nitrogens with one attached hydrogen (secondary N) is 1. The lowest BCUT2D eigenvalue weighted by atomic mass is 10.1. The van der Waals surface area contributed by atoms with Gasteiger partial charge in [-0.1, -0.05) is 22.0 Å². The highest BCUT2D eigenvalue weighted by Crippen LogP contribution is 2.18. The van der Waals surface area contributed by atoms with Crippen LogP contribution in [0, 0.1) is 0 Å². The lowest BCUT2D eigenvalue weighted by molar-refractivity contribution is 0.0938. The zero-order valence-electron chi connectivity index (χ0n) is 8.91. The Morgan fingerprint density at radius 1 is 1.50 bits per heavy atom. The van der Waals surface area contributed by atoms with E-state index in [-0.39, 0.29) is 5.91 Å². The van der Waals surface area contributed by atoms with Crippen molar-refractivity contribution < 1.29 is 4.79 Å². The number of benzene rings is 1. The monoisotopic (exact) mass is 299 g/mol. The maximum absolute atomic E-state index is 11.9. The summed E-state index contributed by atoms with van der Waals surface area (Å²) in [6.07, 6.45) is 2.31. The van der Waals surface area contributed by atoms with Gasteiger partial charge in [-0.05, 0) is 36.8 Å². The van der Waals surface area contributed by atoms with Gasteiger partial charge in [-0.15, -0.1) is 0 Å². The third kappa shape index (κ3) is 3.25. The zero-order chi connectivity index (χ0) is 11.4. The Bertz CT molecular complexity index is 377. The molecule has 1 saturated heterocycles. The number of rotatable bonds is 2. The van der Waals surface area contributed by atoms with Crippen molar-refractivity contribution in [3.63, 3.8) is 0 Å². The molecule has 0 bridgehead atoms. The summed E-state index contributed by atoms with van der Waals surface area (Å²) < 4.78 is 0.943. The van der Waals surface area contributed by atoms with E-state index in [1.165, 1.54) is 12.2 Å². The van der Waals surface area contributed by atoms with Crippen molar-refractivity contribution in [1.29, 1.82) is 0 Å². The van der Waals surface area contributed by atoms with Crippen LogP contribution in [-0.4, -0.2) is 23.5 Å². The quantitative estimate of drug-likeness (QED) is 0.909. The van der Waals surface area contributed by atoms with Crippen molar-refractivity contribution in [3.8, 4) is 0 Å². The summed E-state index contributed by atoms with van der Waals surface area (Å²) in [6.45, 7) is 0. The van der Waals surface area contributed by atoms with Crippen molar-refractivity contribution in [3.05, 3.63) is 34.3 Å². The lowest BCUT2D eigenvalue weighted by Gasteiger charge is -2.22. The highest BCUT2D eigenvalue weighted by Gasteiger charge is 2.16. The van der Waals surface area contributed by atoms with Crippen molar-refractivity contribution in [2.45, 2.75) is 18.9 Å². The Morgan fingerprint density at radius 3 is 3.06 bits per heavy atom. The molecule has 2 rings (SSSR count). The summed E-state index contributed by atoms with van der Waals surface area (Å²) in [7, 11) is 0. The molecule has 1 aromatic rings. The minimum Gasteiger partial charge on any atom is -0.348 e. The van der Waals surface area contributed by atoms with Crippen molar-refractivity contribution in [2.75, 3.05) is 11.5 Å². The van der Waals surface area contributed by atoms with E-state index >= 15 is 0 Å². The second-order valence-electron chi connectivity index (χ2n) is 3.90. The number of hydrogen-bond donors (Lipinski definition) is 1. The minimum atomic E-state index is 0.0359. The molecule has 1 heterocycles. The van der Waals surface area contributed by atoms with Crippen LogP contribution in [-0.2, 0) is 0 Å². The third-order valence-electron chi connectivity index (χ3n) is 2.58. The first-order valence-electron chi connectivity index (χ1n) is 5.40. The van der Waals surface area contributed by atoms with Crippen LogP contribution in [0.25, 0.3) is 0 Å². The lowest BCUT2D eigenvalue weighted by Crippen LogP contribution is -2.38. The van der Waals surface area contributed by atoms with Crippen molar-refractivity contribution >= 4 is 33.6 Å². The van der Waals surface area contributed by atoms with E-state index in [4.69, 9.17) is 0 Å². The molecule has 1 fully saturated rings. The van der Waals surface area contributed by atoms with Crippen molar-refractivity contribution in [2.24, 2.45) is 0 Å². The molecule has 1 aliphatic heterocycles. The second-order valence-corrected chi connectivity index (χ2v) is 5.96. The molecule has 16 heavy (non-hydrogen) atoms. The van der Waals surface area contributed by atoms with Gasteiger partial charge >= 0.3 is 0 Å². The average molecular weight is 300 g/mol. The first kappa shape index (κ1) is 12.0. The van der Waals surface area contributed by atoms with Gasteiger partial charge in [0.05, 0.1) is 0 Å². The molecule has 4 heteroatoms. The fourth-order valence-electron chi connectivity index (χ4n) is 1.75. The van der Waals surface area contributed by atoms with Gasteiger partial charge in [0.2, 0.25) is 0 Å². The van der Waals surface area contributed by atoms with E-state index in [2.05, 4.69) is 21.2 Å². The molecule has 0 saturated carbocycles. The Labute approximate surface area is 108 Å². The van der Waals surface area contributed by atoms with Gasteiger partial charge in [0.25, 0.3) is 5.91 Å². The van der Waals surface area contributed by atoms with Gasteiger partial charge in [0.1, 0.15) is 0 Å². The van der Waals surface area contributed by atoms with E-state index in [0.29, 0.717) is 6.04 Å². The first-order valence-corrected chi connectivity index (χ1v) is 7.34. The summed E-state index contributed by atoms with van der Waals surface area (Å²) in [6, 6.07) is 7.84. The topological polar surface area (TPSA) is 29.1 Å². The minimum absolute atomic E-state index is 0.0359. The molecule has 1 unspecified atom stereocenters. The summed E-state index contributed by atoms with van der Waals surface area (Å²) in [5.41, 5.74) is 0.727. The fourth-order valence-corrected chi connectivity index (χ4v) is 3.22. The summed E-state index contributed by atoms with van der Waals surface area (Å²) in [5, 5.41) is 3.08. The Kier molecular flexibility index (Phi) is 4.29. The normalized spacial score (nSPS) is 20.4. The largest absolute Gasteiger partial charge is 0.348 e. The predicted octanol–water partition coefficient (Wildman–Crippen LogP) is 3.07. The molecule has 0 aliphatic carbocycles. The van der Waals surface area contributed by atoms with Crippen molar-refractivity contribution in [1.82, 2.24) is 5.32 Å². The van der Waals surface area contributed by atoms with Crippen LogP contribution in [0.1, 0.15) is 23.2 Å². The molecule has 0 radical (unpaired) electrons. The summed E-state index contributed by atoms with van der Waals surface area (Å²) >= 11 is 5.29. The highest BCUT2D eigenvalue weighted by molar-refractivity contribution is 9.10. The molecule has 0 spiro atoms. The van der Waals surface area contributed by atoms with Crippen LogP contribution in [0.2, 0.25) is 0 Å². The molecule has 1 aromatic carbocycles. The molecule has 1 amide bonds. The Morgan fingerprint density at radius 2 is 2.38 bits per heavy atom. The van der Waals surface area contributed by atoms with E-state index < -0.39 is 0 Å².